The number of carbonyl (C=O) groups excluding carboxylic acids is 1. The average Bonchev–Trinajstić information content (AvgIpc) is 2.24. The molecule has 0 heterocycles. The van der Waals surface area contributed by atoms with E-state index >= 15 is 0 Å². The third kappa shape index (κ3) is 4.79. The quantitative estimate of drug-likeness (QED) is 0.614. The number of rotatable bonds is 4. The SMILES string of the molecule is O=C(NNCCC(F)(F)F)c1ccccc1. The highest BCUT2D eigenvalue weighted by Crippen LogP contribution is 2.17. The third-order valence-electron chi connectivity index (χ3n) is 1.77. The lowest BCUT2D eigenvalue weighted by Gasteiger charge is -2.08. The zero-order valence-corrected chi connectivity index (χ0v) is 8.34. The van der Waals surface area contributed by atoms with Crippen LogP contribution in [0.1, 0.15) is 16.8 Å². The minimum Gasteiger partial charge on any atom is -0.287 e. The molecule has 1 aromatic carbocycles. The number of amides is 1. The van der Waals surface area contributed by atoms with Gasteiger partial charge < -0.3 is 0 Å². The van der Waals surface area contributed by atoms with Gasteiger partial charge in [-0.05, 0) is 12.1 Å². The van der Waals surface area contributed by atoms with Crippen molar-refractivity contribution in [1.29, 1.82) is 0 Å². The van der Waals surface area contributed by atoms with Crippen molar-refractivity contribution in [3.8, 4) is 0 Å². The first kappa shape index (κ1) is 12.5. The fraction of sp³-hybridized carbons (Fsp3) is 0.300. The topological polar surface area (TPSA) is 41.1 Å². The molecular formula is C10H11F3N2O. The van der Waals surface area contributed by atoms with Gasteiger partial charge >= 0.3 is 6.18 Å². The standard InChI is InChI=1S/C10H11F3N2O/c11-10(12,13)6-7-14-15-9(16)8-4-2-1-3-5-8/h1-5,14H,6-7H2,(H,15,16). The van der Waals surface area contributed by atoms with Crippen LogP contribution in [0.3, 0.4) is 0 Å². The summed E-state index contributed by atoms with van der Waals surface area (Å²) in [5, 5.41) is 0. The number of benzene rings is 1. The normalized spacial score (nSPS) is 11.2. The number of hydrogen-bond donors (Lipinski definition) is 2. The smallest absolute Gasteiger partial charge is 0.287 e. The average molecular weight is 232 g/mol. The summed E-state index contributed by atoms with van der Waals surface area (Å²) in [4.78, 5) is 11.3. The monoisotopic (exact) mass is 232 g/mol. The van der Waals surface area contributed by atoms with Crippen LogP contribution in [0.5, 0.6) is 0 Å². The summed E-state index contributed by atoms with van der Waals surface area (Å²) in [7, 11) is 0. The fourth-order valence-electron chi connectivity index (χ4n) is 1.01. The Bertz CT molecular complexity index is 338. The van der Waals surface area contributed by atoms with Crippen LogP contribution in [0.25, 0.3) is 0 Å². The molecule has 0 aliphatic heterocycles. The van der Waals surface area contributed by atoms with Crippen molar-refractivity contribution in [2.75, 3.05) is 6.54 Å². The molecule has 3 nitrogen and oxygen atoms in total. The van der Waals surface area contributed by atoms with Crippen molar-refractivity contribution in [3.05, 3.63) is 35.9 Å². The van der Waals surface area contributed by atoms with Gasteiger partial charge in [-0.1, -0.05) is 18.2 Å². The molecule has 6 heteroatoms. The Balaban J connectivity index is 2.27. The van der Waals surface area contributed by atoms with Gasteiger partial charge in [0.25, 0.3) is 5.91 Å². The van der Waals surface area contributed by atoms with E-state index in [-0.39, 0.29) is 6.54 Å². The van der Waals surface area contributed by atoms with Crippen LogP contribution in [0.2, 0.25) is 0 Å². The van der Waals surface area contributed by atoms with Crippen molar-refractivity contribution in [2.45, 2.75) is 12.6 Å². The van der Waals surface area contributed by atoms with Gasteiger partial charge in [0.2, 0.25) is 0 Å². The predicted molar refractivity (Wildman–Crippen MR) is 52.6 cm³/mol. The molecule has 16 heavy (non-hydrogen) atoms. The summed E-state index contributed by atoms with van der Waals surface area (Å²) < 4.78 is 35.3. The van der Waals surface area contributed by atoms with Gasteiger partial charge in [0.15, 0.2) is 0 Å². The highest BCUT2D eigenvalue weighted by Gasteiger charge is 2.26. The summed E-state index contributed by atoms with van der Waals surface area (Å²) in [5.74, 6) is -0.456. The molecule has 0 unspecified atom stereocenters. The van der Waals surface area contributed by atoms with Crippen LogP contribution in [-0.4, -0.2) is 18.6 Å². The molecule has 0 bridgehead atoms. The molecule has 0 aliphatic rings. The molecule has 0 spiro atoms. The van der Waals surface area contributed by atoms with Crippen LogP contribution >= 0.6 is 0 Å². The van der Waals surface area contributed by atoms with E-state index in [1.807, 2.05) is 0 Å². The molecule has 0 radical (unpaired) electrons. The largest absolute Gasteiger partial charge is 0.390 e. The van der Waals surface area contributed by atoms with Gasteiger partial charge in [-0.3, -0.25) is 10.2 Å². The Labute approximate surface area is 90.6 Å². The molecule has 88 valence electrons. The Kier molecular flexibility index (Phi) is 4.30. The maximum atomic E-state index is 11.8. The van der Waals surface area contributed by atoms with Crippen molar-refractivity contribution in [2.24, 2.45) is 0 Å². The second kappa shape index (κ2) is 5.50. The van der Waals surface area contributed by atoms with E-state index in [4.69, 9.17) is 0 Å². The number of hydrazine groups is 1. The Morgan fingerprint density at radius 3 is 2.38 bits per heavy atom. The number of nitrogens with one attached hydrogen (secondary N) is 2. The molecule has 0 fully saturated rings. The number of carbonyl (C=O) groups is 1. The summed E-state index contributed by atoms with van der Waals surface area (Å²) in [6.07, 6.45) is -5.20. The molecule has 0 aliphatic carbocycles. The number of hydrogen-bond acceptors (Lipinski definition) is 2. The van der Waals surface area contributed by atoms with E-state index in [1.54, 1.807) is 30.3 Å². The van der Waals surface area contributed by atoms with Gasteiger partial charge in [0, 0.05) is 12.1 Å². The molecule has 2 N–H and O–H groups in total. The molecule has 1 aromatic rings. The summed E-state index contributed by atoms with van der Waals surface area (Å²) in [6, 6.07) is 8.23. The molecule has 0 saturated heterocycles. The minimum atomic E-state index is -4.22. The van der Waals surface area contributed by atoms with Crippen LogP contribution in [0, 0.1) is 0 Å². The Morgan fingerprint density at radius 1 is 1.19 bits per heavy atom. The summed E-state index contributed by atoms with van der Waals surface area (Å²) >= 11 is 0. The molecule has 0 atom stereocenters. The van der Waals surface area contributed by atoms with E-state index < -0.39 is 18.5 Å². The van der Waals surface area contributed by atoms with Gasteiger partial charge in [0.1, 0.15) is 0 Å². The lowest BCUT2D eigenvalue weighted by molar-refractivity contribution is -0.133. The molecule has 0 aromatic heterocycles. The van der Waals surface area contributed by atoms with Crippen LogP contribution in [0.15, 0.2) is 30.3 Å². The van der Waals surface area contributed by atoms with Gasteiger partial charge in [-0.15, -0.1) is 0 Å². The minimum absolute atomic E-state index is 0.345. The Hall–Kier alpha value is -1.56. The van der Waals surface area contributed by atoms with Crippen molar-refractivity contribution in [3.63, 3.8) is 0 Å². The van der Waals surface area contributed by atoms with Crippen molar-refractivity contribution < 1.29 is 18.0 Å². The second-order valence-electron chi connectivity index (χ2n) is 3.11. The molecule has 0 saturated carbocycles. The van der Waals surface area contributed by atoms with Crippen molar-refractivity contribution in [1.82, 2.24) is 10.9 Å². The predicted octanol–water partition coefficient (Wildman–Crippen LogP) is 1.87. The highest BCUT2D eigenvalue weighted by molar-refractivity contribution is 5.93. The van der Waals surface area contributed by atoms with Crippen LogP contribution in [0.4, 0.5) is 13.2 Å². The summed E-state index contributed by atoms with van der Waals surface area (Å²) in [5.41, 5.74) is 4.79. The van der Waals surface area contributed by atoms with Gasteiger partial charge in [-0.2, -0.15) is 13.2 Å². The molecular weight excluding hydrogens is 221 g/mol. The van der Waals surface area contributed by atoms with E-state index in [2.05, 4.69) is 10.9 Å². The lowest BCUT2D eigenvalue weighted by atomic mass is 10.2. The zero-order chi connectivity index (χ0) is 12.0. The van der Waals surface area contributed by atoms with E-state index in [0.717, 1.165) is 0 Å². The van der Waals surface area contributed by atoms with E-state index in [0.29, 0.717) is 5.56 Å². The van der Waals surface area contributed by atoms with Gasteiger partial charge in [-0.25, -0.2) is 5.43 Å². The molecule has 1 rings (SSSR count). The summed E-state index contributed by atoms with van der Waals surface area (Å²) in [6.45, 7) is -0.345. The van der Waals surface area contributed by atoms with Gasteiger partial charge in [0.05, 0.1) is 6.42 Å². The lowest BCUT2D eigenvalue weighted by Crippen LogP contribution is -2.39. The highest BCUT2D eigenvalue weighted by atomic mass is 19.4. The zero-order valence-electron chi connectivity index (χ0n) is 8.34. The number of halogens is 3. The third-order valence-corrected chi connectivity index (χ3v) is 1.77. The van der Waals surface area contributed by atoms with E-state index in [9.17, 15) is 18.0 Å². The first-order chi connectivity index (χ1) is 7.49. The van der Waals surface area contributed by atoms with E-state index in [1.165, 1.54) is 0 Å². The molecule has 1 amide bonds. The fourth-order valence-corrected chi connectivity index (χ4v) is 1.01. The van der Waals surface area contributed by atoms with Crippen LogP contribution in [-0.2, 0) is 0 Å². The Morgan fingerprint density at radius 2 is 1.81 bits per heavy atom. The maximum Gasteiger partial charge on any atom is 0.390 e. The number of alkyl halides is 3. The second-order valence-corrected chi connectivity index (χ2v) is 3.11. The van der Waals surface area contributed by atoms with Crippen LogP contribution < -0.4 is 10.9 Å². The first-order valence-electron chi connectivity index (χ1n) is 4.64. The van der Waals surface area contributed by atoms with Crippen molar-refractivity contribution >= 4 is 5.91 Å². The first-order valence-corrected chi connectivity index (χ1v) is 4.64. The maximum absolute atomic E-state index is 11.8.